The predicted octanol–water partition coefficient (Wildman–Crippen LogP) is 4.00. The number of carbonyl (C=O) groups is 2. The van der Waals surface area contributed by atoms with Gasteiger partial charge in [-0.15, -0.1) is 0 Å². The molecule has 138 valence electrons. The van der Waals surface area contributed by atoms with Crippen molar-refractivity contribution in [3.8, 4) is 11.5 Å². The van der Waals surface area contributed by atoms with Gasteiger partial charge in [0.1, 0.15) is 11.5 Å². The number of nitrogens with one attached hydrogen (secondary N) is 1. The fourth-order valence-electron chi connectivity index (χ4n) is 3.14. The van der Waals surface area contributed by atoms with Gasteiger partial charge >= 0.3 is 5.97 Å². The summed E-state index contributed by atoms with van der Waals surface area (Å²) in [5, 5.41) is 4.89. The Morgan fingerprint density at radius 1 is 0.926 bits per heavy atom. The van der Waals surface area contributed by atoms with Gasteiger partial charge in [0.2, 0.25) is 5.91 Å². The molecule has 0 fully saturated rings. The largest absolute Gasteiger partial charge is 0.497 e. The molecule has 0 bridgehead atoms. The Balaban J connectivity index is 2.24. The van der Waals surface area contributed by atoms with E-state index in [-0.39, 0.29) is 5.91 Å². The molecule has 5 nitrogen and oxygen atoms in total. The number of hydrogen-bond acceptors (Lipinski definition) is 4. The number of hydrogen-bond donors (Lipinski definition) is 1. The van der Waals surface area contributed by atoms with Crippen molar-refractivity contribution in [1.29, 1.82) is 0 Å². The number of methoxy groups -OCH3 is 1. The minimum absolute atomic E-state index is 0.183. The van der Waals surface area contributed by atoms with E-state index in [4.69, 9.17) is 9.47 Å². The number of carbonyl (C=O) groups excluding carboxylic acids is 2. The van der Waals surface area contributed by atoms with Crippen LogP contribution in [0.4, 0.5) is 0 Å². The number of fused-ring (bicyclic) bond motifs is 1. The van der Waals surface area contributed by atoms with Gasteiger partial charge in [-0.2, -0.15) is 0 Å². The van der Waals surface area contributed by atoms with Gasteiger partial charge in [0.15, 0.2) is 0 Å². The van der Waals surface area contributed by atoms with Crippen LogP contribution in [0, 0.1) is 0 Å². The first-order valence-electron chi connectivity index (χ1n) is 8.60. The first-order chi connectivity index (χ1) is 13.0. The van der Waals surface area contributed by atoms with Gasteiger partial charge in [0.05, 0.1) is 13.2 Å². The van der Waals surface area contributed by atoms with E-state index in [0.29, 0.717) is 5.75 Å². The van der Waals surface area contributed by atoms with E-state index in [0.717, 1.165) is 27.6 Å². The molecule has 1 unspecified atom stereocenters. The lowest BCUT2D eigenvalue weighted by molar-refractivity contribution is -0.131. The van der Waals surface area contributed by atoms with E-state index in [1.165, 1.54) is 13.8 Å². The van der Waals surface area contributed by atoms with Crippen molar-refractivity contribution < 1.29 is 19.1 Å². The number of rotatable bonds is 5. The summed E-state index contributed by atoms with van der Waals surface area (Å²) in [6.07, 6.45) is 0. The molecule has 3 aromatic rings. The number of benzene rings is 3. The third-order valence-electron chi connectivity index (χ3n) is 4.27. The second-order valence-corrected chi connectivity index (χ2v) is 6.20. The Kier molecular flexibility index (Phi) is 5.41. The van der Waals surface area contributed by atoms with Crippen LogP contribution in [0.25, 0.3) is 10.8 Å². The summed E-state index contributed by atoms with van der Waals surface area (Å²) in [7, 11) is 1.60. The topological polar surface area (TPSA) is 64.6 Å². The second-order valence-electron chi connectivity index (χ2n) is 6.20. The highest BCUT2D eigenvalue weighted by Gasteiger charge is 2.23. The molecule has 0 aliphatic heterocycles. The zero-order valence-electron chi connectivity index (χ0n) is 15.5. The van der Waals surface area contributed by atoms with Crippen molar-refractivity contribution in [3.63, 3.8) is 0 Å². The highest BCUT2D eigenvalue weighted by molar-refractivity contribution is 5.90. The minimum atomic E-state index is -0.478. The molecule has 0 spiro atoms. The Bertz CT molecular complexity index is 979. The summed E-state index contributed by atoms with van der Waals surface area (Å²) in [6, 6.07) is 18.4. The monoisotopic (exact) mass is 363 g/mol. The lowest BCUT2D eigenvalue weighted by Crippen LogP contribution is -2.27. The fraction of sp³-hybridized carbons (Fsp3) is 0.182. The smallest absolute Gasteiger partial charge is 0.308 e. The van der Waals surface area contributed by atoms with E-state index in [1.807, 2.05) is 54.6 Å². The van der Waals surface area contributed by atoms with Crippen LogP contribution in [0.3, 0.4) is 0 Å². The molecule has 0 saturated carbocycles. The molecular formula is C22H21NO4. The van der Waals surface area contributed by atoms with E-state index in [2.05, 4.69) is 5.32 Å². The van der Waals surface area contributed by atoms with Gasteiger partial charge in [-0.25, -0.2) is 0 Å². The average Bonchev–Trinajstić information content (AvgIpc) is 2.66. The van der Waals surface area contributed by atoms with Gasteiger partial charge < -0.3 is 14.8 Å². The quantitative estimate of drug-likeness (QED) is 0.550. The van der Waals surface area contributed by atoms with Crippen LogP contribution in [0.5, 0.6) is 11.5 Å². The standard InChI is InChI=1S/C22H21NO4/c1-14(24)23-22(17-8-11-18(26-3)12-9-17)21-19-7-5-4-6-16(19)10-13-20(21)27-15(2)25/h4-13,22H,1-3H3,(H,23,24). The molecule has 3 aromatic carbocycles. The van der Waals surface area contributed by atoms with Gasteiger partial charge in [-0.05, 0) is 34.5 Å². The zero-order valence-corrected chi connectivity index (χ0v) is 15.5. The van der Waals surface area contributed by atoms with E-state index in [9.17, 15) is 9.59 Å². The molecule has 0 heterocycles. The SMILES string of the molecule is COc1ccc(C(NC(C)=O)c2c(OC(C)=O)ccc3ccccc23)cc1. The predicted molar refractivity (Wildman–Crippen MR) is 104 cm³/mol. The summed E-state index contributed by atoms with van der Waals surface area (Å²) in [5.74, 6) is 0.551. The van der Waals surface area contributed by atoms with Crippen LogP contribution in [0.15, 0.2) is 60.7 Å². The molecule has 1 atom stereocenters. The van der Waals surface area contributed by atoms with Crippen molar-refractivity contribution in [2.45, 2.75) is 19.9 Å². The van der Waals surface area contributed by atoms with E-state index in [1.54, 1.807) is 13.2 Å². The van der Waals surface area contributed by atoms with E-state index < -0.39 is 12.0 Å². The zero-order chi connectivity index (χ0) is 19.4. The average molecular weight is 363 g/mol. The van der Waals surface area contributed by atoms with Crippen molar-refractivity contribution in [2.75, 3.05) is 7.11 Å². The molecule has 0 aliphatic carbocycles. The fourth-order valence-corrected chi connectivity index (χ4v) is 3.14. The van der Waals surface area contributed by atoms with Crippen molar-refractivity contribution in [3.05, 3.63) is 71.8 Å². The first-order valence-corrected chi connectivity index (χ1v) is 8.60. The van der Waals surface area contributed by atoms with Crippen molar-refractivity contribution in [1.82, 2.24) is 5.32 Å². The first kappa shape index (κ1) is 18.5. The molecule has 0 saturated heterocycles. The van der Waals surface area contributed by atoms with Gasteiger partial charge in [0.25, 0.3) is 0 Å². The summed E-state index contributed by atoms with van der Waals surface area (Å²) in [4.78, 5) is 23.6. The van der Waals surface area contributed by atoms with Crippen LogP contribution in [-0.4, -0.2) is 19.0 Å². The molecule has 0 radical (unpaired) electrons. The normalized spacial score (nSPS) is 11.7. The molecule has 0 aliphatic rings. The van der Waals surface area contributed by atoms with Crippen LogP contribution < -0.4 is 14.8 Å². The Morgan fingerprint density at radius 3 is 2.26 bits per heavy atom. The number of amides is 1. The van der Waals surface area contributed by atoms with Crippen LogP contribution in [0.1, 0.15) is 31.0 Å². The van der Waals surface area contributed by atoms with E-state index >= 15 is 0 Å². The van der Waals surface area contributed by atoms with Gasteiger partial charge in [-0.1, -0.05) is 42.5 Å². The third kappa shape index (κ3) is 4.08. The summed E-state index contributed by atoms with van der Waals surface area (Å²) < 4.78 is 10.7. The molecular weight excluding hydrogens is 342 g/mol. The Morgan fingerprint density at radius 2 is 1.63 bits per heavy atom. The highest BCUT2D eigenvalue weighted by atomic mass is 16.5. The van der Waals surface area contributed by atoms with Crippen LogP contribution in [-0.2, 0) is 9.59 Å². The maximum Gasteiger partial charge on any atom is 0.308 e. The summed E-state index contributed by atoms with van der Waals surface area (Å²) in [5.41, 5.74) is 1.60. The maximum absolute atomic E-state index is 11.9. The number of ether oxygens (including phenoxy) is 2. The van der Waals surface area contributed by atoms with Crippen molar-refractivity contribution >= 4 is 22.6 Å². The van der Waals surface area contributed by atoms with Crippen molar-refractivity contribution in [2.24, 2.45) is 0 Å². The van der Waals surface area contributed by atoms with Crippen LogP contribution >= 0.6 is 0 Å². The molecule has 27 heavy (non-hydrogen) atoms. The second kappa shape index (κ2) is 7.91. The number of esters is 1. The summed E-state index contributed by atoms with van der Waals surface area (Å²) >= 11 is 0. The van der Waals surface area contributed by atoms with Gasteiger partial charge in [-0.3, -0.25) is 9.59 Å². The summed E-state index contributed by atoms with van der Waals surface area (Å²) in [6.45, 7) is 2.83. The molecule has 3 rings (SSSR count). The molecule has 5 heteroatoms. The van der Waals surface area contributed by atoms with Crippen LogP contribution in [0.2, 0.25) is 0 Å². The maximum atomic E-state index is 11.9. The Hall–Kier alpha value is -3.34. The lowest BCUT2D eigenvalue weighted by atomic mass is 9.92. The highest BCUT2D eigenvalue weighted by Crippen LogP contribution is 2.37. The van der Waals surface area contributed by atoms with Gasteiger partial charge in [0, 0.05) is 19.4 Å². The Labute approximate surface area is 157 Å². The minimum Gasteiger partial charge on any atom is -0.497 e. The molecule has 1 N–H and O–H groups in total. The molecule has 0 aromatic heterocycles. The lowest BCUT2D eigenvalue weighted by Gasteiger charge is -2.23. The third-order valence-corrected chi connectivity index (χ3v) is 4.27. The molecule has 1 amide bonds.